The lowest BCUT2D eigenvalue weighted by Crippen LogP contribution is -2.18. The zero-order valence-electron chi connectivity index (χ0n) is 15.7. The third-order valence-electron chi connectivity index (χ3n) is 3.73. The van der Waals surface area contributed by atoms with E-state index in [2.05, 4.69) is 31.8 Å². The summed E-state index contributed by atoms with van der Waals surface area (Å²) in [6, 6.07) is 14.4. The fourth-order valence-corrected chi connectivity index (χ4v) is 2.77. The van der Waals surface area contributed by atoms with E-state index in [1.165, 1.54) is 25.5 Å². The Balaban J connectivity index is 1.68. The molecule has 0 unspecified atom stereocenters. The number of carbonyl (C=O) groups is 3. The molecule has 0 spiro atoms. The van der Waals surface area contributed by atoms with E-state index < -0.39 is 11.9 Å². The number of esters is 1. The van der Waals surface area contributed by atoms with Gasteiger partial charge in [-0.2, -0.15) is 5.10 Å². The van der Waals surface area contributed by atoms with Crippen molar-refractivity contribution in [2.24, 2.45) is 5.10 Å². The summed E-state index contributed by atoms with van der Waals surface area (Å²) >= 11 is 3.34. The lowest BCUT2D eigenvalue weighted by atomic mass is 10.2. The Labute approximate surface area is 180 Å². The molecule has 3 aromatic rings. The van der Waals surface area contributed by atoms with Crippen molar-refractivity contribution in [3.63, 3.8) is 0 Å². The van der Waals surface area contributed by atoms with Gasteiger partial charge >= 0.3 is 5.97 Å². The van der Waals surface area contributed by atoms with Crippen molar-refractivity contribution in [2.75, 3.05) is 5.32 Å². The zero-order valence-corrected chi connectivity index (χ0v) is 17.3. The van der Waals surface area contributed by atoms with Gasteiger partial charge in [0.05, 0.1) is 12.5 Å². The summed E-state index contributed by atoms with van der Waals surface area (Å²) in [4.78, 5) is 35.4. The number of halogens is 1. The molecule has 8 nitrogen and oxygen atoms in total. The van der Waals surface area contributed by atoms with Crippen LogP contribution >= 0.6 is 15.9 Å². The molecule has 30 heavy (non-hydrogen) atoms. The van der Waals surface area contributed by atoms with Gasteiger partial charge in [-0.25, -0.2) is 10.2 Å². The molecule has 3 rings (SSSR count). The first-order chi connectivity index (χ1) is 14.4. The van der Waals surface area contributed by atoms with Crippen LogP contribution in [0.4, 0.5) is 5.69 Å². The fraction of sp³-hybridized carbons (Fsp3) is 0.0476. The smallest absolute Gasteiger partial charge is 0.379 e. The molecule has 0 fully saturated rings. The Morgan fingerprint density at radius 1 is 1.10 bits per heavy atom. The predicted molar refractivity (Wildman–Crippen MR) is 114 cm³/mol. The molecule has 0 bridgehead atoms. The standard InChI is InChI=1S/C21H16BrN3O5/c1-13(26)24-17-7-4-14(5-8-17)20(27)25-23-12-15-11-16(22)6-9-18(15)30-21(28)19-3-2-10-29-19/h2-12H,1H3,(H,24,26)(H,25,27)/b23-12-. The lowest BCUT2D eigenvalue weighted by molar-refractivity contribution is -0.114. The van der Waals surface area contributed by atoms with Crippen LogP contribution in [0.3, 0.4) is 0 Å². The molecule has 0 aliphatic carbocycles. The van der Waals surface area contributed by atoms with E-state index in [1.807, 2.05) is 0 Å². The minimum atomic E-state index is -0.653. The number of amides is 2. The molecule has 0 saturated heterocycles. The molecule has 0 atom stereocenters. The van der Waals surface area contributed by atoms with Gasteiger partial charge in [-0.15, -0.1) is 0 Å². The highest BCUT2D eigenvalue weighted by Gasteiger charge is 2.14. The van der Waals surface area contributed by atoms with E-state index in [9.17, 15) is 14.4 Å². The fourth-order valence-electron chi connectivity index (χ4n) is 2.39. The first-order valence-corrected chi connectivity index (χ1v) is 9.48. The van der Waals surface area contributed by atoms with Crippen molar-refractivity contribution in [3.8, 4) is 5.75 Å². The molecule has 0 aliphatic heterocycles. The SMILES string of the molecule is CC(=O)Nc1ccc(C(=O)N/N=C\c2cc(Br)ccc2OC(=O)c2ccco2)cc1. The molecule has 152 valence electrons. The van der Waals surface area contributed by atoms with Crippen molar-refractivity contribution >= 4 is 45.6 Å². The molecular formula is C21H16BrN3O5. The minimum Gasteiger partial charge on any atom is -0.457 e. The molecule has 9 heteroatoms. The van der Waals surface area contributed by atoms with Crippen molar-refractivity contribution in [1.82, 2.24) is 5.43 Å². The number of nitrogens with zero attached hydrogens (tertiary/aromatic N) is 1. The Hall–Kier alpha value is -3.72. The van der Waals surface area contributed by atoms with Crippen molar-refractivity contribution < 1.29 is 23.5 Å². The van der Waals surface area contributed by atoms with E-state index in [0.717, 1.165) is 4.47 Å². The molecule has 2 N–H and O–H groups in total. The lowest BCUT2D eigenvalue weighted by Gasteiger charge is -2.07. The van der Waals surface area contributed by atoms with Gasteiger partial charge < -0.3 is 14.5 Å². The number of anilines is 1. The van der Waals surface area contributed by atoms with Gasteiger partial charge in [0.1, 0.15) is 5.75 Å². The normalized spacial score (nSPS) is 10.6. The number of hydrazone groups is 1. The summed E-state index contributed by atoms with van der Waals surface area (Å²) in [5, 5.41) is 6.55. The largest absolute Gasteiger partial charge is 0.457 e. The second kappa shape index (κ2) is 9.66. The van der Waals surface area contributed by atoms with Gasteiger partial charge in [-0.1, -0.05) is 15.9 Å². The molecule has 0 radical (unpaired) electrons. The van der Waals surface area contributed by atoms with Crippen LogP contribution < -0.4 is 15.5 Å². The van der Waals surface area contributed by atoms with E-state index in [-0.39, 0.29) is 17.4 Å². The van der Waals surface area contributed by atoms with Crippen LogP contribution in [0.5, 0.6) is 5.75 Å². The molecule has 0 aliphatic rings. The second-order valence-electron chi connectivity index (χ2n) is 6.01. The monoisotopic (exact) mass is 469 g/mol. The number of benzene rings is 2. The molecule has 1 aromatic heterocycles. The maximum Gasteiger partial charge on any atom is 0.379 e. The Kier molecular flexibility index (Phi) is 6.76. The minimum absolute atomic E-state index is 0.0665. The van der Waals surface area contributed by atoms with Gasteiger partial charge in [-0.3, -0.25) is 9.59 Å². The Morgan fingerprint density at radius 2 is 1.87 bits per heavy atom. The van der Waals surface area contributed by atoms with Crippen molar-refractivity contribution in [3.05, 3.63) is 82.2 Å². The van der Waals surface area contributed by atoms with Gasteiger partial charge in [0.25, 0.3) is 5.91 Å². The number of hydrogen-bond donors (Lipinski definition) is 2. The summed E-state index contributed by atoms with van der Waals surface area (Å²) in [6.45, 7) is 1.40. The average Bonchev–Trinajstić information content (AvgIpc) is 3.25. The average molecular weight is 470 g/mol. The third kappa shape index (κ3) is 5.65. The van der Waals surface area contributed by atoms with Gasteiger partial charge in [-0.05, 0) is 54.6 Å². The van der Waals surface area contributed by atoms with Crippen LogP contribution in [0.1, 0.15) is 33.4 Å². The highest BCUT2D eigenvalue weighted by molar-refractivity contribution is 9.10. The molecule has 2 aromatic carbocycles. The van der Waals surface area contributed by atoms with Crippen LogP contribution in [0.15, 0.2) is 74.9 Å². The van der Waals surface area contributed by atoms with Crippen LogP contribution in [-0.4, -0.2) is 24.0 Å². The number of nitrogens with one attached hydrogen (secondary N) is 2. The maximum atomic E-state index is 12.2. The van der Waals surface area contributed by atoms with E-state index in [1.54, 1.807) is 48.5 Å². The number of hydrogen-bond acceptors (Lipinski definition) is 6. The van der Waals surface area contributed by atoms with E-state index in [4.69, 9.17) is 9.15 Å². The molecule has 0 saturated carbocycles. The number of carbonyl (C=O) groups excluding carboxylic acids is 3. The summed E-state index contributed by atoms with van der Waals surface area (Å²) in [7, 11) is 0. The number of rotatable bonds is 6. The summed E-state index contributed by atoms with van der Waals surface area (Å²) in [5.74, 6) is -0.978. The Bertz CT molecular complexity index is 1090. The van der Waals surface area contributed by atoms with Crippen LogP contribution in [0.25, 0.3) is 0 Å². The van der Waals surface area contributed by atoms with Crippen LogP contribution in [0, 0.1) is 0 Å². The molecule has 1 heterocycles. The quantitative estimate of drug-likeness (QED) is 0.245. The van der Waals surface area contributed by atoms with E-state index in [0.29, 0.717) is 16.8 Å². The highest BCUT2D eigenvalue weighted by Crippen LogP contribution is 2.23. The number of furan rings is 1. The Morgan fingerprint density at radius 3 is 2.53 bits per heavy atom. The van der Waals surface area contributed by atoms with Crippen molar-refractivity contribution in [2.45, 2.75) is 6.92 Å². The zero-order chi connectivity index (χ0) is 21.5. The van der Waals surface area contributed by atoms with Gasteiger partial charge in [0.2, 0.25) is 11.7 Å². The first-order valence-electron chi connectivity index (χ1n) is 8.68. The predicted octanol–water partition coefficient (Wildman–Crippen LogP) is 3.98. The first kappa shape index (κ1) is 21.0. The second-order valence-corrected chi connectivity index (χ2v) is 6.92. The number of ether oxygens (including phenoxy) is 1. The maximum absolute atomic E-state index is 12.2. The molecule has 2 amide bonds. The topological polar surface area (TPSA) is 110 Å². The van der Waals surface area contributed by atoms with Gasteiger partial charge in [0.15, 0.2) is 0 Å². The highest BCUT2D eigenvalue weighted by atomic mass is 79.9. The summed E-state index contributed by atoms with van der Waals surface area (Å²) < 4.78 is 11.1. The van der Waals surface area contributed by atoms with Crippen LogP contribution in [0.2, 0.25) is 0 Å². The molecular weight excluding hydrogens is 454 g/mol. The third-order valence-corrected chi connectivity index (χ3v) is 4.23. The van der Waals surface area contributed by atoms with Gasteiger partial charge in [0, 0.05) is 28.2 Å². The summed E-state index contributed by atoms with van der Waals surface area (Å²) in [6.07, 6.45) is 2.73. The van der Waals surface area contributed by atoms with Crippen molar-refractivity contribution in [1.29, 1.82) is 0 Å². The van der Waals surface area contributed by atoms with Crippen LogP contribution in [-0.2, 0) is 4.79 Å². The summed E-state index contributed by atoms with van der Waals surface area (Å²) in [5.41, 5.74) is 3.81. The van der Waals surface area contributed by atoms with E-state index >= 15 is 0 Å².